The molecule has 4 aromatic heterocycles. The predicted octanol–water partition coefficient (Wildman–Crippen LogP) is 12.5. The summed E-state index contributed by atoms with van der Waals surface area (Å²) in [6.07, 6.45) is 9.71. The summed E-state index contributed by atoms with van der Waals surface area (Å²) < 4.78 is 12.8. The lowest BCUT2D eigenvalue weighted by Gasteiger charge is -2.51. The number of hydrogen-bond donors (Lipinski definition) is 5. The Bertz CT molecular complexity index is 3160. The van der Waals surface area contributed by atoms with Crippen LogP contribution in [0, 0.1) is 12.8 Å². The van der Waals surface area contributed by atoms with Crippen LogP contribution in [0.1, 0.15) is 106 Å². The SMILES string of the molecule is Cc1ccc([C@@H](C)NC(=O)[C@](C)(NCc2cc3ccccc3o2)[C@@H](c2c[nH]c3ccccc23)N(C(=O)[C@@](C)(Cc2c[nH]c3ccccc23)NCc2cc3ccccc3o2)[C@@H](C)C2CCCCC2)cc1. The molecule has 10 nitrogen and oxygen atoms in total. The van der Waals surface area contributed by atoms with E-state index in [1.54, 1.807) is 0 Å². The molecule has 10 rings (SSSR count). The number of aromatic nitrogens is 2. The fourth-order valence-electron chi connectivity index (χ4n) is 11.0. The van der Waals surface area contributed by atoms with Gasteiger partial charge in [-0.25, -0.2) is 0 Å². The number of furan rings is 2. The monoisotopic (exact) mass is 920 g/mol. The number of aromatic amines is 2. The van der Waals surface area contributed by atoms with Crippen molar-refractivity contribution in [2.45, 2.75) is 115 Å². The summed E-state index contributed by atoms with van der Waals surface area (Å²) in [6.45, 7) is 10.8. The van der Waals surface area contributed by atoms with E-state index in [0.717, 1.165) is 104 Å². The number of fused-ring (bicyclic) bond motifs is 4. The summed E-state index contributed by atoms with van der Waals surface area (Å²) in [5.41, 5.74) is 4.85. The normalized spacial score (nSPS) is 16.6. The largest absolute Gasteiger partial charge is 0.460 e. The molecule has 2 amide bonds. The molecule has 5 atom stereocenters. The van der Waals surface area contributed by atoms with Gasteiger partial charge in [-0.1, -0.05) is 122 Å². The third kappa shape index (κ3) is 9.23. The van der Waals surface area contributed by atoms with Crippen LogP contribution in [0.4, 0.5) is 0 Å². The molecule has 1 aliphatic carbocycles. The summed E-state index contributed by atoms with van der Waals surface area (Å²) in [7, 11) is 0. The maximum atomic E-state index is 16.9. The molecule has 5 N–H and O–H groups in total. The summed E-state index contributed by atoms with van der Waals surface area (Å²) >= 11 is 0. The van der Waals surface area contributed by atoms with E-state index in [1.807, 2.05) is 112 Å². The van der Waals surface area contributed by atoms with Crippen LogP contribution in [0.5, 0.6) is 0 Å². The number of carbonyl (C=O) groups is 2. The van der Waals surface area contributed by atoms with Crippen molar-refractivity contribution < 1.29 is 18.4 Å². The number of amides is 2. The lowest BCUT2D eigenvalue weighted by Crippen LogP contribution is -2.68. The minimum Gasteiger partial charge on any atom is -0.460 e. The Balaban J connectivity index is 1.15. The molecule has 10 heteroatoms. The van der Waals surface area contributed by atoms with E-state index in [0.29, 0.717) is 18.7 Å². The Morgan fingerprint density at radius 2 is 1.26 bits per heavy atom. The zero-order chi connectivity index (χ0) is 47.7. The van der Waals surface area contributed by atoms with Gasteiger partial charge >= 0.3 is 0 Å². The smallest absolute Gasteiger partial charge is 0.243 e. The van der Waals surface area contributed by atoms with Gasteiger partial charge in [0.15, 0.2) is 0 Å². The second-order valence-corrected chi connectivity index (χ2v) is 19.9. The Morgan fingerprint density at radius 3 is 1.91 bits per heavy atom. The van der Waals surface area contributed by atoms with Crippen LogP contribution in [0.25, 0.3) is 43.7 Å². The molecule has 0 unspecified atom stereocenters. The number of H-pyrrole nitrogens is 2. The van der Waals surface area contributed by atoms with Gasteiger partial charge in [-0.05, 0) is 101 Å². The van der Waals surface area contributed by atoms with E-state index < -0.39 is 17.1 Å². The van der Waals surface area contributed by atoms with E-state index in [9.17, 15) is 0 Å². The molecule has 69 heavy (non-hydrogen) atoms. The first kappa shape index (κ1) is 45.9. The summed E-state index contributed by atoms with van der Waals surface area (Å²) in [4.78, 5) is 42.1. The van der Waals surface area contributed by atoms with E-state index in [2.05, 4.69) is 99.3 Å². The molecule has 1 fully saturated rings. The summed E-state index contributed by atoms with van der Waals surface area (Å²) in [5, 5.41) is 15.1. The highest BCUT2D eigenvalue weighted by Gasteiger charge is 2.53. The standard InChI is InChI=1S/C59H64N6O4/c1-38-27-29-41(30-28-38)39(2)64-56(66)59(5,63-36-47-32-44-20-10-16-26-54(44)69-47)55(50-37-61-52-24-14-12-22-49(50)52)65(40(3)42-17-7-6-8-18-42)57(67)58(4,33-45-34-60-51-23-13-11-21-48(45)51)62-35-46-31-43-19-9-15-25-53(43)68-46/h9-16,19-32,34,37,39-40,42,55,60-63H,6-8,17-18,33,35-36H2,1-5H3,(H,64,66)/t39-,40+,55-,58-,59-/m1/s1. The highest BCUT2D eigenvalue weighted by molar-refractivity contribution is 5.94. The molecule has 0 aliphatic heterocycles. The quantitative estimate of drug-likeness (QED) is 0.0618. The second kappa shape index (κ2) is 19.3. The predicted molar refractivity (Wildman–Crippen MR) is 277 cm³/mol. The van der Waals surface area contributed by atoms with Crippen LogP contribution in [-0.2, 0) is 29.1 Å². The highest BCUT2D eigenvalue weighted by Crippen LogP contribution is 2.43. The van der Waals surface area contributed by atoms with Crippen molar-refractivity contribution in [1.82, 2.24) is 30.8 Å². The van der Waals surface area contributed by atoms with Gasteiger partial charge in [0.1, 0.15) is 28.2 Å². The molecule has 4 heterocycles. The lowest BCUT2D eigenvalue weighted by atomic mass is 9.77. The third-order valence-corrected chi connectivity index (χ3v) is 15.1. The van der Waals surface area contributed by atoms with Crippen LogP contribution < -0.4 is 16.0 Å². The number of aryl methyl sites for hydroxylation is 1. The fraction of sp³-hybridized carbons (Fsp3) is 0.322. The van der Waals surface area contributed by atoms with Crippen LogP contribution in [-0.4, -0.2) is 43.8 Å². The molecule has 1 saturated carbocycles. The maximum Gasteiger partial charge on any atom is 0.243 e. The zero-order valence-corrected chi connectivity index (χ0v) is 40.4. The average molecular weight is 921 g/mol. The minimum absolute atomic E-state index is 0.103. The molecule has 354 valence electrons. The number of nitrogens with zero attached hydrogens (tertiary/aromatic N) is 1. The Kier molecular flexibility index (Phi) is 12.8. The summed E-state index contributed by atoms with van der Waals surface area (Å²) in [6, 6.07) is 43.3. The van der Waals surface area contributed by atoms with Crippen LogP contribution in [0.3, 0.4) is 0 Å². The third-order valence-electron chi connectivity index (χ3n) is 15.1. The first-order valence-corrected chi connectivity index (χ1v) is 24.7. The van der Waals surface area contributed by atoms with Gasteiger partial charge < -0.3 is 29.0 Å². The summed E-state index contributed by atoms with van der Waals surface area (Å²) in [5.74, 6) is 1.28. The molecule has 0 saturated heterocycles. The van der Waals surface area contributed by atoms with Crippen LogP contribution in [0.15, 0.2) is 155 Å². The molecule has 1 aliphatic rings. The van der Waals surface area contributed by atoms with Crippen molar-refractivity contribution in [2.75, 3.05) is 0 Å². The van der Waals surface area contributed by atoms with Gasteiger partial charge in [0.2, 0.25) is 11.8 Å². The van der Waals surface area contributed by atoms with Crippen molar-refractivity contribution >= 4 is 55.6 Å². The van der Waals surface area contributed by atoms with Crippen molar-refractivity contribution in [3.05, 3.63) is 180 Å². The van der Waals surface area contributed by atoms with Gasteiger partial charge in [0.25, 0.3) is 0 Å². The van der Waals surface area contributed by atoms with Crippen LogP contribution in [0.2, 0.25) is 0 Å². The number of carbonyl (C=O) groups excluding carboxylic acids is 2. The van der Waals surface area contributed by atoms with E-state index in [4.69, 9.17) is 8.83 Å². The minimum atomic E-state index is -1.44. The van der Waals surface area contributed by atoms with Crippen molar-refractivity contribution in [2.24, 2.45) is 5.92 Å². The molecule has 0 bridgehead atoms. The average Bonchev–Trinajstić information content (AvgIpc) is 4.19. The maximum absolute atomic E-state index is 16.9. The molecule has 0 spiro atoms. The van der Waals surface area contributed by atoms with E-state index in [-0.39, 0.29) is 36.4 Å². The number of hydrogen-bond acceptors (Lipinski definition) is 6. The first-order valence-electron chi connectivity index (χ1n) is 24.7. The second-order valence-electron chi connectivity index (χ2n) is 19.9. The Labute approximate surface area is 404 Å². The van der Waals surface area contributed by atoms with Gasteiger partial charge in [0.05, 0.1) is 30.7 Å². The lowest BCUT2D eigenvalue weighted by molar-refractivity contribution is -0.150. The van der Waals surface area contributed by atoms with Gasteiger partial charge in [-0.15, -0.1) is 0 Å². The van der Waals surface area contributed by atoms with E-state index in [1.165, 1.54) is 0 Å². The first-order chi connectivity index (χ1) is 33.5. The molecule has 5 aromatic carbocycles. The molecule has 0 radical (unpaired) electrons. The Hall–Kier alpha value is -6.88. The number of nitrogens with one attached hydrogen (secondary N) is 5. The van der Waals surface area contributed by atoms with Crippen molar-refractivity contribution in [3.8, 4) is 0 Å². The number of benzene rings is 5. The zero-order valence-electron chi connectivity index (χ0n) is 40.4. The van der Waals surface area contributed by atoms with E-state index >= 15 is 9.59 Å². The van der Waals surface area contributed by atoms with Gasteiger partial charge in [-0.2, -0.15) is 0 Å². The molecule has 9 aromatic rings. The highest BCUT2D eigenvalue weighted by atomic mass is 16.3. The van der Waals surface area contributed by atoms with Crippen molar-refractivity contribution in [3.63, 3.8) is 0 Å². The van der Waals surface area contributed by atoms with Crippen LogP contribution >= 0.6 is 0 Å². The topological polar surface area (TPSA) is 131 Å². The Morgan fingerprint density at radius 1 is 0.696 bits per heavy atom. The van der Waals surface area contributed by atoms with Gasteiger partial charge in [-0.3, -0.25) is 20.2 Å². The molecular weight excluding hydrogens is 857 g/mol. The van der Waals surface area contributed by atoms with Crippen molar-refractivity contribution in [1.29, 1.82) is 0 Å². The number of rotatable bonds is 17. The fourth-order valence-corrected chi connectivity index (χ4v) is 11.0. The van der Waals surface area contributed by atoms with Gasteiger partial charge in [0, 0.05) is 63.0 Å². The molecular formula is C59H64N6O4. The number of para-hydroxylation sites is 4.